The van der Waals surface area contributed by atoms with Crippen molar-refractivity contribution in [3.05, 3.63) is 20.8 Å². The zero-order chi connectivity index (χ0) is 11.3. The molecular weight excluding hydrogens is 276 g/mol. The number of nitrogens with zero attached hydrogens (tertiary/aromatic N) is 2. The van der Waals surface area contributed by atoms with E-state index < -0.39 is 0 Å². The van der Waals surface area contributed by atoms with Crippen molar-refractivity contribution in [3.63, 3.8) is 0 Å². The molecule has 5 heteroatoms. The third-order valence-electron chi connectivity index (χ3n) is 1.77. The highest BCUT2D eigenvalue weighted by atomic mass is 79.9. The number of hydrogen-bond donors (Lipinski definition) is 0. The number of thiophene rings is 1. The molecule has 0 spiro atoms. The molecule has 0 bridgehead atoms. The van der Waals surface area contributed by atoms with Crippen molar-refractivity contribution < 1.29 is 4.79 Å². The molecule has 3 nitrogen and oxygen atoms in total. The molecule has 0 aliphatic rings. The summed E-state index contributed by atoms with van der Waals surface area (Å²) in [6, 6.07) is 3.90. The molecule has 1 aromatic rings. The lowest BCUT2D eigenvalue weighted by Crippen LogP contribution is -2.24. The van der Waals surface area contributed by atoms with E-state index in [0.717, 1.165) is 11.0 Å². The van der Waals surface area contributed by atoms with Crippen LogP contribution in [0, 0.1) is 11.3 Å². The maximum absolute atomic E-state index is 11.2. The molecule has 0 amide bonds. The summed E-state index contributed by atoms with van der Waals surface area (Å²) in [5.74, 6) is -0.0318. The normalized spacial score (nSPS) is 10.3. The van der Waals surface area contributed by atoms with E-state index in [1.54, 1.807) is 11.3 Å². The maximum Gasteiger partial charge on any atom is 0.160 e. The summed E-state index contributed by atoms with van der Waals surface area (Å²) in [5, 5.41) is 10.4. The second-order valence-corrected chi connectivity index (χ2v) is 5.19. The Bertz CT molecular complexity index is 383. The van der Waals surface area contributed by atoms with E-state index in [1.165, 1.54) is 4.88 Å². The number of nitriles is 1. The van der Waals surface area contributed by atoms with Crippen molar-refractivity contribution in [2.24, 2.45) is 0 Å². The minimum absolute atomic E-state index is 0.00151. The average molecular weight is 287 g/mol. The van der Waals surface area contributed by atoms with E-state index in [2.05, 4.69) is 15.9 Å². The van der Waals surface area contributed by atoms with Crippen molar-refractivity contribution in [2.45, 2.75) is 13.0 Å². The van der Waals surface area contributed by atoms with E-state index >= 15 is 0 Å². The molecule has 1 heterocycles. The molecule has 15 heavy (non-hydrogen) atoms. The first-order valence-electron chi connectivity index (χ1n) is 4.42. The second-order valence-electron chi connectivity index (χ2n) is 3.28. The van der Waals surface area contributed by atoms with E-state index in [-0.39, 0.29) is 12.2 Å². The molecule has 0 saturated carbocycles. The molecular formula is C10H11BrN2OS. The van der Waals surface area contributed by atoms with Crippen molar-refractivity contribution in [1.29, 1.82) is 5.26 Å². The van der Waals surface area contributed by atoms with Crippen molar-refractivity contribution in [1.82, 2.24) is 4.90 Å². The average Bonchev–Trinajstić information content (AvgIpc) is 2.51. The van der Waals surface area contributed by atoms with Crippen LogP contribution in [-0.4, -0.2) is 24.3 Å². The topological polar surface area (TPSA) is 44.1 Å². The number of halogens is 1. The quantitative estimate of drug-likeness (QED) is 0.835. The summed E-state index contributed by atoms with van der Waals surface area (Å²) in [4.78, 5) is 14.3. The fourth-order valence-corrected chi connectivity index (χ4v) is 2.73. The Morgan fingerprint density at radius 2 is 2.47 bits per heavy atom. The van der Waals surface area contributed by atoms with Gasteiger partial charge >= 0.3 is 0 Å². The number of likely N-dealkylation sites (N-methyl/N-ethyl adjacent to an activating group) is 1. The van der Waals surface area contributed by atoms with Gasteiger partial charge in [0.25, 0.3) is 0 Å². The van der Waals surface area contributed by atoms with Crippen LogP contribution in [0.5, 0.6) is 0 Å². The molecule has 0 unspecified atom stereocenters. The third kappa shape index (κ3) is 4.56. The molecule has 0 saturated heterocycles. The number of carbonyl (C=O) groups is 1. The number of carbonyl (C=O) groups excluding carboxylic acids is 1. The Hall–Kier alpha value is -0.700. The summed E-state index contributed by atoms with van der Waals surface area (Å²) >= 11 is 5.03. The van der Waals surface area contributed by atoms with E-state index in [1.807, 2.05) is 29.5 Å². The van der Waals surface area contributed by atoms with Gasteiger partial charge in [-0.25, -0.2) is 0 Å². The summed E-state index contributed by atoms with van der Waals surface area (Å²) in [6.45, 7) is 1.08. The molecule has 0 aromatic carbocycles. The Kier molecular flexibility index (Phi) is 4.95. The molecule has 0 atom stereocenters. The SMILES string of the molecule is CN(CC(=O)CC#N)Cc1cc(Br)cs1. The summed E-state index contributed by atoms with van der Waals surface area (Å²) in [7, 11) is 1.88. The first kappa shape index (κ1) is 12.4. The fourth-order valence-electron chi connectivity index (χ4n) is 1.20. The zero-order valence-electron chi connectivity index (χ0n) is 8.36. The van der Waals surface area contributed by atoms with Crippen LogP contribution in [0.15, 0.2) is 15.9 Å². The van der Waals surface area contributed by atoms with E-state index in [4.69, 9.17) is 5.26 Å². The molecule has 0 fully saturated rings. The number of ketones is 1. The minimum Gasteiger partial charge on any atom is -0.297 e. The van der Waals surface area contributed by atoms with Crippen LogP contribution in [0.25, 0.3) is 0 Å². The molecule has 0 aliphatic carbocycles. The lowest BCUT2D eigenvalue weighted by molar-refractivity contribution is -0.119. The van der Waals surface area contributed by atoms with Gasteiger partial charge in [0, 0.05) is 21.3 Å². The van der Waals surface area contributed by atoms with Crippen LogP contribution >= 0.6 is 27.3 Å². The smallest absolute Gasteiger partial charge is 0.160 e. The standard InChI is InChI=1S/C10H11BrN2OS/c1-13(5-9(14)2-3-12)6-10-4-8(11)7-15-10/h4,7H,2,5-6H2,1H3. The van der Waals surface area contributed by atoms with Crippen LogP contribution in [0.3, 0.4) is 0 Å². The molecule has 80 valence electrons. The van der Waals surface area contributed by atoms with Gasteiger partial charge in [-0.2, -0.15) is 5.26 Å². The van der Waals surface area contributed by atoms with Crippen LogP contribution < -0.4 is 0 Å². The minimum atomic E-state index is -0.0318. The van der Waals surface area contributed by atoms with Gasteiger partial charge in [0.1, 0.15) is 0 Å². The summed E-state index contributed by atoms with van der Waals surface area (Å²) in [5.41, 5.74) is 0. The third-order valence-corrected chi connectivity index (χ3v) is 3.45. The number of Topliss-reactive ketones (excluding diaryl/α,β-unsaturated/α-hetero) is 1. The highest BCUT2D eigenvalue weighted by Crippen LogP contribution is 2.20. The van der Waals surface area contributed by atoms with E-state index in [9.17, 15) is 4.79 Å². The Balaban J connectivity index is 2.40. The van der Waals surface area contributed by atoms with Crippen LogP contribution in [0.2, 0.25) is 0 Å². The largest absolute Gasteiger partial charge is 0.297 e. The maximum atomic E-state index is 11.2. The highest BCUT2D eigenvalue weighted by molar-refractivity contribution is 9.10. The van der Waals surface area contributed by atoms with Crippen molar-refractivity contribution in [3.8, 4) is 6.07 Å². The van der Waals surface area contributed by atoms with Crippen molar-refractivity contribution in [2.75, 3.05) is 13.6 Å². The van der Waals surface area contributed by atoms with Gasteiger partial charge in [0.2, 0.25) is 0 Å². The first-order chi connectivity index (χ1) is 7.11. The molecule has 0 N–H and O–H groups in total. The van der Waals surface area contributed by atoms with Crippen LogP contribution in [0.1, 0.15) is 11.3 Å². The molecule has 1 rings (SSSR count). The first-order valence-corrected chi connectivity index (χ1v) is 6.09. The van der Waals surface area contributed by atoms with Gasteiger partial charge in [-0.15, -0.1) is 11.3 Å². The Morgan fingerprint density at radius 3 is 3.00 bits per heavy atom. The number of rotatable bonds is 5. The van der Waals surface area contributed by atoms with Gasteiger partial charge < -0.3 is 0 Å². The van der Waals surface area contributed by atoms with E-state index in [0.29, 0.717) is 6.54 Å². The zero-order valence-corrected chi connectivity index (χ0v) is 10.8. The lowest BCUT2D eigenvalue weighted by atomic mass is 10.3. The summed E-state index contributed by atoms with van der Waals surface area (Å²) < 4.78 is 1.07. The fraction of sp³-hybridized carbons (Fsp3) is 0.400. The second kappa shape index (κ2) is 6.01. The monoisotopic (exact) mass is 286 g/mol. The van der Waals surface area contributed by atoms with Crippen LogP contribution in [-0.2, 0) is 11.3 Å². The predicted molar refractivity (Wildman–Crippen MR) is 63.6 cm³/mol. The summed E-state index contributed by atoms with van der Waals surface area (Å²) in [6.07, 6.45) is -0.00151. The van der Waals surface area contributed by atoms with Gasteiger partial charge in [0.15, 0.2) is 5.78 Å². The Morgan fingerprint density at radius 1 is 1.73 bits per heavy atom. The number of hydrogen-bond acceptors (Lipinski definition) is 4. The predicted octanol–water partition coefficient (Wildman–Crippen LogP) is 2.43. The van der Waals surface area contributed by atoms with Gasteiger partial charge in [-0.05, 0) is 29.0 Å². The van der Waals surface area contributed by atoms with Gasteiger partial charge in [-0.1, -0.05) is 0 Å². The molecule has 1 aromatic heterocycles. The molecule has 0 aliphatic heterocycles. The van der Waals surface area contributed by atoms with Gasteiger partial charge in [-0.3, -0.25) is 9.69 Å². The van der Waals surface area contributed by atoms with Crippen molar-refractivity contribution >= 4 is 33.0 Å². The lowest BCUT2D eigenvalue weighted by Gasteiger charge is -2.13. The molecule has 0 radical (unpaired) electrons. The Labute approximate surface area is 101 Å². The van der Waals surface area contributed by atoms with Gasteiger partial charge in [0.05, 0.1) is 19.0 Å². The van der Waals surface area contributed by atoms with Crippen LogP contribution in [0.4, 0.5) is 0 Å². The highest BCUT2D eigenvalue weighted by Gasteiger charge is 2.07.